The summed E-state index contributed by atoms with van der Waals surface area (Å²) < 4.78 is 84.1. The Morgan fingerprint density at radius 3 is 1.25 bits per heavy atom. The van der Waals surface area contributed by atoms with Gasteiger partial charge in [-0.05, 0) is 65.7 Å². The Labute approximate surface area is 390 Å². The molecule has 0 bridgehead atoms. The van der Waals surface area contributed by atoms with Gasteiger partial charge in [0.25, 0.3) is 12.9 Å². The number of nitrogens with one attached hydrogen (secondary N) is 6. The lowest BCUT2D eigenvalue weighted by Crippen LogP contribution is -2.42. The molecule has 2 saturated carbocycles. The minimum atomic E-state index is -3.03. The Morgan fingerprint density at radius 1 is 0.603 bits per heavy atom. The lowest BCUT2D eigenvalue weighted by Gasteiger charge is -2.23. The van der Waals surface area contributed by atoms with Gasteiger partial charge >= 0.3 is 12.2 Å². The highest BCUT2D eigenvalue weighted by Crippen LogP contribution is 2.34. The molecule has 4 heterocycles. The molecule has 26 heteroatoms. The molecule has 4 amide bonds. The number of carbonyl (C=O) groups excluding carboxylic acids is 2. The van der Waals surface area contributed by atoms with E-state index in [0.717, 1.165) is 64.2 Å². The van der Waals surface area contributed by atoms with Gasteiger partial charge in [-0.1, -0.05) is 51.4 Å². The van der Waals surface area contributed by atoms with Crippen LogP contribution in [0.15, 0.2) is 0 Å². The van der Waals surface area contributed by atoms with Crippen molar-refractivity contribution in [1.82, 2.24) is 51.2 Å². The number of anilines is 4. The minimum Gasteiger partial charge on any atom is -0.465 e. The van der Waals surface area contributed by atoms with E-state index in [0.29, 0.717) is 50.9 Å². The number of hydrazine groups is 2. The summed E-state index contributed by atoms with van der Waals surface area (Å²) in [7, 11) is 7.55. The van der Waals surface area contributed by atoms with Crippen molar-refractivity contribution >= 4 is 47.3 Å². The molecule has 0 aromatic carbocycles. The van der Waals surface area contributed by atoms with Crippen molar-refractivity contribution in [2.24, 2.45) is 23.7 Å². The summed E-state index contributed by atoms with van der Waals surface area (Å²) in [6.07, 6.45) is 1.84. The lowest BCUT2D eigenvalue weighted by atomic mass is 9.92. The van der Waals surface area contributed by atoms with Crippen molar-refractivity contribution < 1.29 is 55.7 Å². The number of nitrogens with zero attached hydrogens (tertiary/aromatic N) is 8. The molecule has 68 heavy (non-hydrogen) atoms. The Bertz CT molecular complexity index is 1880. The Morgan fingerprint density at radius 2 is 0.956 bits per heavy atom. The smallest absolute Gasteiger partial charge is 0.404 e. The first-order valence-electron chi connectivity index (χ1n) is 22.9. The van der Waals surface area contributed by atoms with Gasteiger partial charge in [0.2, 0.25) is 23.4 Å². The van der Waals surface area contributed by atoms with E-state index < -0.39 is 83.6 Å². The zero-order valence-electron chi connectivity index (χ0n) is 38.7. The normalized spacial score (nSPS) is 19.6. The third-order valence-electron chi connectivity index (χ3n) is 13.0. The highest BCUT2D eigenvalue weighted by molar-refractivity contribution is 5.81. The molecule has 380 valence electrons. The molecule has 2 aromatic rings. The molecular weight excluding hydrogens is 911 g/mol. The van der Waals surface area contributed by atoms with Crippen LogP contribution in [0.4, 0.5) is 59.2 Å². The van der Waals surface area contributed by atoms with E-state index in [1.807, 2.05) is 38.0 Å². The van der Waals surface area contributed by atoms with Gasteiger partial charge < -0.3 is 40.4 Å². The molecule has 4 fully saturated rings. The number of amides is 4. The fourth-order valence-corrected chi connectivity index (χ4v) is 9.13. The molecule has 2 aromatic heterocycles. The molecule has 0 radical (unpaired) electrons. The van der Waals surface area contributed by atoms with Crippen LogP contribution in [-0.2, 0) is 9.59 Å². The average Bonchev–Trinajstić information content (AvgIpc) is 4.15. The SMILES string of the molecule is CN(C)[C@H]1CCN(c2nc(C(F)F)nc(NNC(=O)[C@@H](CNC(=O)O)CC3CCCC3)c2F)C1.CN(C)[C@H]1CCN(c2nc(C(F)F)nc(NNC(=O)[C@@H](CNC(=O)O)CC3CCCC3)c2F)C1. The third kappa shape index (κ3) is 15.2. The first kappa shape index (κ1) is 53.3. The first-order chi connectivity index (χ1) is 32.3. The third-order valence-corrected chi connectivity index (χ3v) is 13.0. The van der Waals surface area contributed by atoms with Crippen LogP contribution in [0.2, 0.25) is 0 Å². The minimum absolute atomic E-state index is 0.112. The van der Waals surface area contributed by atoms with Crippen LogP contribution < -0.4 is 42.1 Å². The number of halogens is 6. The summed E-state index contributed by atoms with van der Waals surface area (Å²) >= 11 is 0. The van der Waals surface area contributed by atoms with Gasteiger partial charge in [-0.3, -0.25) is 31.3 Å². The van der Waals surface area contributed by atoms with Crippen molar-refractivity contribution in [3.8, 4) is 0 Å². The van der Waals surface area contributed by atoms with Gasteiger partial charge in [0, 0.05) is 51.4 Å². The standard InChI is InChI=1S/2C21H32F3N7O3/c2*1-30(2)14-7-8-31(11-14)19-15(22)17(26-18(27-19)16(23)24)28-29-20(32)13(10-25-21(33)34)9-12-5-3-4-6-12/h2*12-14,16,25H,3-11H2,1-2H3,(H,29,32)(H,33,34)(H,26,27,28)/t2*13-,14+/m11/s1. The van der Waals surface area contributed by atoms with Gasteiger partial charge in [0.15, 0.2) is 34.9 Å². The van der Waals surface area contributed by atoms with Crippen LogP contribution in [0.1, 0.15) is 102 Å². The highest BCUT2D eigenvalue weighted by Gasteiger charge is 2.33. The number of hydrogen-bond donors (Lipinski definition) is 8. The number of alkyl halides is 4. The van der Waals surface area contributed by atoms with Crippen molar-refractivity contribution in [3.05, 3.63) is 23.3 Å². The van der Waals surface area contributed by atoms with E-state index >= 15 is 8.78 Å². The monoisotopic (exact) mass is 975 g/mol. The van der Waals surface area contributed by atoms with E-state index in [1.54, 1.807) is 9.80 Å². The molecule has 2 aliphatic heterocycles. The highest BCUT2D eigenvalue weighted by atomic mass is 19.3. The maximum atomic E-state index is 15.2. The van der Waals surface area contributed by atoms with Crippen LogP contribution in [0, 0.1) is 35.3 Å². The van der Waals surface area contributed by atoms with Gasteiger partial charge in [-0.2, -0.15) is 8.78 Å². The molecule has 0 spiro atoms. The number of carboxylic acid groups (broad SMARTS) is 2. The quantitative estimate of drug-likeness (QED) is 0.0628. The van der Waals surface area contributed by atoms with Crippen LogP contribution >= 0.6 is 0 Å². The lowest BCUT2D eigenvalue weighted by molar-refractivity contribution is -0.125. The van der Waals surface area contributed by atoms with E-state index in [2.05, 4.69) is 52.3 Å². The van der Waals surface area contributed by atoms with Crippen molar-refractivity contribution in [3.63, 3.8) is 0 Å². The molecule has 20 nitrogen and oxygen atoms in total. The summed E-state index contributed by atoms with van der Waals surface area (Å²) in [5.41, 5.74) is 9.30. The number of carbonyl (C=O) groups is 4. The number of aromatic nitrogens is 4. The van der Waals surface area contributed by atoms with Gasteiger partial charge in [-0.25, -0.2) is 47.1 Å². The molecule has 0 unspecified atom stereocenters. The fourth-order valence-electron chi connectivity index (χ4n) is 9.13. The molecule has 2 aliphatic carbocycles. The van der Waals surface area contributed by atoms with Gasteiger partial charge in [0.05, 0.1) is 11.8 Å². The molecule has 8 N–H and O–H groups in total. The molecule has 4 atom stereocenters. The van der Waals surface area contributed by atoms with Crippen molar-refractivity contribution in [1.29, 1.82) is 0 Å². The Kier molecular flexibility index (Phi) is 19.7. The average molecular weight is 975 g/mol. The van der Waals surface area contributed by atoms with Gasteiger partial charge in [0.1, 0.15) is 0 Å². The molecule has 6 rings (SSSR count). The maximum Gasteiger partial charge on any atom is 0.404 e. The zero-order chi connectivity index (χ0) is 49.7. The first-order valence-corrected chi connectivity index (χ1v) is 22.9. The van der Waals surface area contributed by atoms with Crippen molar-refractivity contribution in [2.45, 2.75) is 102 Å². The fraction of sp³-hybridized carbons (Fsp3) is 0.714. The Balaban J connectivity index is 0.000000254. The summed E-state index contributed by atoms with van der Waals surface area (Å²) in [5.74, 6) is -7.19. The van der Waals surface area contributed by atoms with E-state index in [9.17, 15) is 36.7 Å². The predicted molar refractivity (Wildman–Crippen MR) is 238 cm³/mol. The number of rotatable bonds is 20. The predicted octanol–water partition coefficient (Wildman–Crippen LogP) is 5.20. The van der Waals surface area contributed by atoms with Crippen LogP contribution in [0.25, 0.3) is 0 Å². The van der Waals surface area contributed by atoms with E-state index in [1.165, 1.54) is 0 Å². The molecule has 2 saturated heterocycles. The van der Waals surface area contributed by atoms with E-state index in [4.69, 9.17) is 10.2 Å². The van der Waals surface area contributed by atoms with Crippen LogP contribution in [-0.4, -0.2) is 143 Å². The summed E-state index contributed by atoms with van der Waals surface area (Å²) in [4.78, 5) is 69.1. The summed E-state index contributed by atoms with van der Waals surface area (Å²) in [5, 5.41) is 22.3. The van der Waals surface area contributed by atoms with Crippen molar-refractivity contribution in [2.75, 3.05) is 88.1 Å². The second-order valence-electron chi connectivity index (χ2n) is 18.2. The zero-order valence-corrected chi connectivity index (χ0v) is 38.7. The number of likely N-dealkylation sites (N-methyl/N-ethyl adjacent to an activating group) is 2. The Hall–Kier alpha value is -5.66. The second-order valence-corrected chi connectivity index (χ2v) is 18.2. The molecular formula is C42H64F6N14O6. The molecule has 4 aliphatic rings. The maximum absolute atomic E-state index is 15.2. The second kappa shape index (κ2) is 25.1. The van der Waals surface area contributed by atoms with Gasteiger partial charge in [-0.15, -0.1) is 0 Å². The van der Waals surface area contributed by atoms with Crippen LogP contribution in [0.3, 0.4) is 0 Å². The summed E-state index contributed by atoms with van der Waals surface area (Å²) in [6.45, 7) is 1.49. The summed E-state index contributed by atoms with van der Waals surface area (Å²) in [6, 6.07) is 0.247. The topological polar surface area (TPSA) is 245 Å². The largest absolute Gasteiger partial charge is 0.465 e. The van der Waals surface area contributed by atoms with Crippen LogP contribution in [0.5, 0.6) is 0 Å². The number of hydrogen-bond acceptors (Lipinski definition) is 14. The van der Waals surface area contributed by atoms with E-state index in [-0.39, 0.29) is 36.8 Å².